The zero-order valence-electron chi connectivity index (χ0n) is 15.7. The number of nitrogens with one attached hydrogen (secondary N) is 4. The first-order valence-corrected chi connectivity index (χ1v) is 10.1. The number of benzene rings is 1. The highest BCUT2D eigenvalue weighted by atomic mass is 35.5. The van der Waals surface area contributed by atoms with E-state index in [4.69, 9.17) is 22.7 Å². The van der Waals surface area contributed by atoms with Gasteiger partial charge >= 0.3 is 0 Å². The SMILES string of the molecule is Cc1nc(C(CNC(=N)N)NC(O)c2ccc(-c3ccc(Cl)cc3)[nH]2)sc1CO. The van der Waals surface area contributed by atoms with Gasteiger partial charge in [-0.05, 0) is 36.8 Å². The number of aliphatic hydroxyl groups excluding tert-OH is 2. The highest BCUT2D eigenvalue weighted by Crippen LogP contribution is 2.27. The van der Waals surface area contributed by atoms with Crippen LogP contribution in [0.15, 0.2) is 36.4 Å². The van der Waals surface area contributed by atoms with Crippen LogP contribution >= 0.6 is 22.9 Å². The van der Waals surface area contributed by atoms with Crippen molar-refractivity contribution in [2.75, 3.05) is 6.54 Å². The summed E-state index contributed by atoms with van der Waals surface area (Å²) in [6.07, 6.45) is -1.00. The number of rotatable bonds is 8. The van der Waals surface area contributed by atoms with E-state index in [0.717, 1.165) is 21.8 Å². The zero-order valence-corrected chi connectivity index (χ0v) is 17.3. The smallest absolute Gasteiger partial charge is 0.185 e. The molecule has 0 saturated carbocycles. The lowest BCUT2D eigenvalue weighted by atomic mass is 10.2. The zero-order chi connectivity index (χ0) is 21.0. The standard InChI is InChI=1S/C19H23ClN6O2S/c1-10-16(9-27)29-18(24-10)15(8-23-19(21)22)26-17(28)14-7-6-13(25-14)11-2-4-12(20)5-3-11/h2-7,15,17,25-28H,8-9H2,1H3,(H4,21,22,23). The van der Waals surface area contributed by atoms with Gasteiger partial charge in [0, 0.05) is 17.3 Å². The number of hydrogen-bond donors (Lipinski definition) is 7. The van der Waals surface area contributed by atoms with Gasteiger partial charge in [-0.2, -0.15) is 0 Å². The molecule has 0 bridgehead atoms. The monoisotopic (exact) mass is 434 g/mol. The van der Waals surface area contributed by atoms with Gasteiger partial charge in [-0.15, -0.1) is 11.3 Å². The van der Waals surface area contributed by atoms with Gasteiger partial charge in [-0.1, -0.05) is 23.7 Å². The van der Waals surface area contributed by atoms with Crippen molar-refractivity contribution in [2.24, 2.45) is 5.73 Å². The molecule has 0 amide bonds. The minimum atomic E-state index is -1.00. The van der Waals surface area contributed by atoms with Gasteiger partial charge in [0.15, 0.2) is 5.96 Å². The van der Waals surface area contributed by atoms with Crippen LogP contribution in [-0.2, 0) is 6.61 Å². The summed E-state index contributed by atoms with van der Waals surface area (Å²) in [6, 6.07) is 10.7. The summed E-state index contributed by atoms with van der Waals surface area (Å²) in [5.41, 5.74) is 8.53. The van der Waals surface area contributed by atoms with Crippen LogP contribution in [0.1, 0.15) is 33.5 Å². The molecule has 2 atom stereocenters. The minimum Gasteiger partial charge on any atom is -0.391 e. The van der Waals surface area contributed by atoms with Crippen molar-refractivity contribution in [2.45, 2.75) is 25.8 Å². The van der Waals surface area contributed by atoms with Crippen LogP contribution in [0.4, 0.5) is 0 Å². The summed E-state index contributed by atoms with van der Waals surface area (Å²) in [5.74, 6) is -0.174. The van der Waals surface area contributed by atoms with Crippen LogP contribution in [0.25, 0.3) is 11.3 Å². The third-order valence-corrected chi connectivity index (χ3v) is 5.87. The van der Waals surface area contributed by atoms with Crippen molar-refractivity contribution in [1.82, 2.24) is 20.6 Å². The molecule has 29 heavy (non-hydrogen) atoms. The van der Waals surface area contributed by atoms with Crippen molar-refractivity contribution >= 4 is 28.9 Å². The lowest BCUT2D eigenvalue weighted by Gasteiger charge is -2.21. The summed E-state index contributed by atoms with van der Waals surface area (Å²) >= 11 is 7.29. The molecule has 8 nitrogen and oxygen atoms in total. The van der Waals surface area contributed by atoms with Gasteiger partial charge in [-0.25, -0.2) is 4.98 Å². The highest BCUT2D eigenvalue weighted by molar-refractivity contribution is 7.11. The highest BCUT2D eigenvalue weighted by Gasteiger charge is 2.22. The fraction of sp³-hybridized carbons (Fsp3) is 0.263. The number of guanidine groups is 1. The summed E-state index contributed by atoms with van der Waals surface area (Å²) < 4.78 is 0. The van der Waals surface area contributed by atoms with Gasteiger partial charge in [0.05, 0.1) is 28.9 Å². The summed E-state index contributed by atoms with van der Waals surface area (Å²) in [5, 5.41) is 34.7. The Balaban J connectivity index is 1.77. The van der Waals surface area contributed by atoms with Crippen LogP contribution in [0.3, 0.4) is 0 Å². The molecule has 2 aromatic heterocycles. The van der Waals surface area contributed by atoms with E-state index in [9.17, 15) is 10.2 Å². The van der Waals surface area contributed by atoms with E-state index < -0.39 is 12.3 Å². The van der Waals surface area contributed by atoms with E-state index in [2.05, 4.69) is 20.6 Å². The number of nitrogens with two attached hydrogens (primary N) is 1. The number of aromatic amines is 1. The van der Waals surface area contributed by atoms with Gasteiger partial charge in [0.1, 0.15) is 11.2 Å². The average molecular weight is 435 g/mol. The number of hydrogen-bond acceptors (Lipinski definition) is 6. The third-order valence-electron chi connectivity index (χ3n) is 4.36. The van der Waals surface area contributed by atoms with E-state index in [-0.39, 0.29) is 19.1 Å². The summed E-state index contributed by atoms with van der Waals surface area (Å²) in [4.78, 5) is 8.43. The van der Waals surface area contributed by atoms with Crippen molar-refractivity contribution < 1.29 is 10.2 Å². The predicted molar refractivity (Wildman–Crippen MR) is 115 cm³/mol. The summed E-state index contributed by atoms with van der Waals surface area (Å²) in [7, 11) is 0. The molecule has 0 radical (unpaired) electrons. The molecular formula is C19H23ClN6O2S. The molecule has 0 aliphatic carbocycles. The maximum Gasteiger partial charge on any atom is 0.185 e. The normalized spacial score (nSPS) is 13.2. The number of thiazole rings is 1. The second kappa shape index (κ2) is 9.38. The van der Waals surface area contributed by atoms with E-state index >= 15 is 0 Å². The van der Waals surface area contributed by atoms with Gasteiger partial charge < -0.3 is 26.2 Å². The Morgan fingerprint density at radius 1 is 1.31 bits per heavy atom. The molecule has 0 saturated heterocycles. The Hall–Kier alpha value is -2.43. The van der Waals surface area contributed by atoms with Crippen molar-refractivity contribution in [1.29, 1.82) is 5.41 Å². The molecule has 1 aromatic carbocycles. The van der Waals surface area contributed by atoms with Crippen molar-refractivity contribution in [3.8, 4) is 11.3 Å². The second-order valence-corrected chi connectivity index (χ2v) is 8.02. The second-order valence-electron chi connectivity index (χ2n) is 6.47. The van der Waals surface area contributed by atoms with Gasteiger partial charge in [0.2, 0.25) is 0 Å². The molecule has 154 valence electrons. The van der Waals surface area contributed by atoms with E-state index in [1.165, 1.54) is 11.3 Å². The fourth-order valence-electron chi connectivity index (χ4n) is 2.83. The maximum atomic E-state index is 10.7. The molecule has 8 N–H and O–H groups in total. The Labute approximate surface area is 177 Å². The number of nitrogens with zero attached hydrogens (tertiary/aromatic N) is 1. The molecular weight excluding hydrogens is 412 g/mol. The molecule has 0 fully saturated rings. The van der Waals surface area contributed by atoms with Gasteiger partial charge in [0.25, 0.3) is 0 Å². The van der Waals surface area contributed by atoms with Gasteiger partial charge in [-0.3, -0.25) is 10.7 Å². The van der Waals surface area contributed by atoms with Crippen molar-refractivity contribution in [3.63, 3.8) is 0 Å². The molecule has 2 heterocycles. The van der Waals surface area contributed by atoms with Crippen LogP contribution in [-0.4, -0.2) is 32.7 Å². The molecule has 0 aliphatic heterocycles. The predicted octanol–water partition coefficient (Wildman–Crippen LogP) is 2.40. The van der Waals surface area contributed by atoms with E-state index in [1.54, 1.807) is 18.2 Å². The number of aliphatic hydroxyl groups is 2. The Morgan fingerprint density at radius 2 is 2.03 bits per heavy atom. The molecule has 3 rings (SSSR count). The Bertz CT molecular complexity index is 971. The number of aromatic nitrogens is 2. The van der Waals surface area contributed by atoms with Crippen LogP contribution in [0, 0.1) is 12.3 Å². The number of aryl methyl sites for hydroxylation is 1. The largest absolute Gasteiger partial charge is 0.391 e. The van der Waals surface area contributed by atoms with E-state index in [0.29, 0.717) is 15.7 Å². The molecule has 2 unspecified atom stereocenters. The molecule has 3 aromatic rings. The molecule has 10 heteroatoms. The third kappa shape index (κ3) is 5.34. The van der Waals surface area contributed by atoms with Crippen molar-refractivity contribution in [3.05, 3.63) is 62.7 Å². The first-order chi connectivity index (χ1) is 13.9. The number of H-pyrrole nitrogens is 1. The minimum absolute atomic E-state index is 0.0972. The first-order valence-electron chi connectivity index (χ1n) is 8.91. The number of halogens is 1. The van der Waals surface area contributed by atoms with E-state index in [1.807, 2.05) is 25.1 Å². The van der Waals surface area contributed by atoms with Crippen LogP contribution in [0.5, 0.6) is 0 Å². The molecule has 0 spiro atoms. The lowest BCUT2D eigenvalue weighted by molar-refractivity contribution is 0.119. The summed E-state index contributed by atoms with van der Waals surface area (Å²) in [6.45, 7) is 1.98. The Kier molecular flexibility index (Phi) is 6.88. The lowest BCUT2D eigenvalue weighted by Crippen LogP contribution is -2.39. The fourth-order valence-corrected chi connectivity index (χ4v) is 3.94. The topological polar surface area (TPSA) is 143 Å². The first kappa shape index (κ1) is 21.3. The average Bonchev–Trinajstić information content (AvgIpc) is 3.32. The maximum absolute atomic E-state index is 10.7. The Morgan fingerprint density at radius 3 is 2.66 bits per heavy atom. The van der Waals surface area contributed by atoms with Crippen LogP contribution in [0.2, 0.25) is 5.02 Å². The van der Waals surface area contributed by atoms with Crippen LogP contribution < -0.4 is 16.4 Å². The molecule has 0 aliphatic rings. The quantitative estimate of drug-likeness (QED) is 0.165.